The van der Waals surface area contributed by atoms with Gasteiger partial charge in [0.2, 0.25) is 0 Å². The van der Waals surface area contributed by atoms with E-state index in [1.54, 1.807) is 0 Å². The van der Waals surface area contributed by atoms with E-state index in [4.69, 9.17) is 5.11 Å². The van der Waals surface area contributed by atoms with Crippen molar-refractivity contribution in [3.63, 3.8) is 0 Å². The Kier molecular flexibility index (Phi) is 6.90. The number of aryl methyl sites for hydroxylation is 3. The van der Waals surface area contributed by atoms with Crippen LogP contribution in [0.5, 0.6) is 0 Å². The van der Waals surface area contributed by atoms with Crippen LogP contribution < -0.4 is 5.32 Å². The molecule has 0 heterocycles. The molecule has 0 aromatic heterocycles. The summed E-state index contributed by atoms with van der Waals surface area (Å²) in [5, 5.41) is 12.9. The van der Waals surface area contributed by atoms with Crippen LogP contribution in [0.4, 0.5) is 0 Å². The molecular weight excluding hydrogens is 254 g/mol. The van der Waals surface area contributed by atoms with Crippen molar-refractivity contribution in [2.75, 3.05) is 19.4 Å². The predicted molar refractivity (Wildman–Crippen MR) is 86.1 cm³/mol. The van der Waals surface area contributed by atoms with Crippen molar-refractivity contribution in [3.8, 4) is 0 Å². The molecule has 0 radical (unpaired) electrons. The molecule has 0 aliphatic heterocycles. The molecule has 0 amide bonds. The average Bonchev–Trinajstić information content (AvgIpc) is 2.32. The largest absolute Gasteiger partial charge is 0.396 e. The molecule has 0 aliphatic rings. The van der Waals surface area contributed by atoms with E-state index >= 15 is 0 Å². The number of hydrogen-bond acceptors (Lipinski definition) is 3. The first kappa shape index (κ1) is 16.5. The van der Waals surface area contributed by atoms with E-state index in [0.29, 0.717) is 11.3 Å². The van der Waals surface area contributed by atoms with Crippen molar-refractivity contribution in [2.45, 2.75) is 45.4 Å². The molecule has 1 aromatic rings. The minimum absolute atomic E-state index is 0.279. The Morgan fingerprint density at radius 3 is 2.26 bits per heavy atom. The summed E-state index contributed by atoms with van der Waals surface area (Å²) >= 11 is 1.93. The molecule has 2 unspecified atom stereocenters. The van der Waals surface area contributed by atoms with Gasteiger partial charge in [-0.25, -0.2) is 0 Å². The lowest BCUT2D eigenvalue weighted by atomic mass is 9.95. The molecule has 1 rings (SSSR count). The van der Waals surface area contributed by atoms with Crippen LogP contribution in [0.2, 0.25) is 0 Å². The molecule has 19 heavy (non-hydrogen) atoms. The Morgan fingerprint density at radius 1 is 1.21 bits per heavy atom. The highest BCUT2D eigenvalue weighted by Crippen LogP contribution is 2.28. The molecule has 0 aliphatic carbocycles. The van der Waals surface area contributed by atoms with Crippen LogP contribution in [0.1, 0.15) is 41.6 Å². The molecule has 1 aromatic carbocycles. The maximum absolute atomic E-state index is 8.97. The zero-order valence-electron chi connectivity index (χ0n) is 12.8. The first-order valence-electron chi connectivity index (χ1n) is 6.97. The Morgan fingerprint density at radius 2 is 1.79 bits per heavy atom. The van der Waals surface area contributed by atoms with Gasteiger partial charge >= 0.3 is 0 Å². The van der Waals surface area contributed by atoms with Crippen LogP contribution in [-0.2, 0) is 0 Å². The molecule has 2 nitrogen and oxygen atoms in total. The van der Waals surface area contributed by atoms with Crippen LogP contribution in [0, 0.1) is 20.8 Å². The molecule has 0 bridgehead atoms. The summed E-state index contributed by atoms with van der Waals surface area (Å²) in [6.07, 6.45) is 0.868. The highest BCUT2D eigenvalue weighted by atomic mass is 32.2. The second-order valence-electron chi connectivity index (χ2n) is 5.31. The minimum atomic E-state index is 0.279. The Balaban J connectivity index is 2.80. The van der Waals surface area contributed by atoms with Crippen molar-refractivity contribution in [3.05, 3.63) is 34.4 Å². The number of rotatable bonds is 7. The molecule has 108 valence electrons. The van der Waals surface area contributed by atoms with E-state index in [2.05, 4.69) is 45.1 Å². The van der Waals surface area contributed by atoms with Gasteiger partial charge in [0.1, 0.15) is 0 Å². The number of nitrogens with one attached hydrogen (secondary N) is 1. The zero-order chi connectivity index (χ0) is 14.4. The standard InChI is InChI=1S/C16H27NOS/c1-11-8-12(2)16(13(3)9-11)15(17-5)10-19-14(4)6-7-18/h8-9,14-15,17-18H,6-7,10H2,1-5H3. The minimum Gasteiger partial charge on any atom is -0.396 e. The number of hydrogen-bond donors (Lipinski definition) is 2. The maximum atomic E-state index is 8.97. The normalized spacial score (nSPS) is 14.4. The van der Waals surface area contributed by atoms with Gasteiger partial charge in [0, 0.05) is 23.7 Å². The summed E-state index contributed by atoms with van der Waals surface area (Å²) in [5.74, 6) is 1.04. The highest BCUT2D eigenvalue weighted by molar-refractivity contribution is 7.99. The van der Waals surface area contributed by atoms with Gasteiger partial charge < -0.3 is 10.4 Å². The van der Waals surface area contributed by atoms with E-state index in [0.717, 1.165) is 12.2 Å². The number of benzene rings is 1. The lowest BCUT2D eigenvalue weighted by Gasteiger charge is -2.23. The molecule has 2 N–H and O–H groups in total. The lowest BCUT2D eigenvalue weighted by molar-refractivity contribution is 0.289. The first-order valence-corrected chi connectivity index (χ1v) is 8.02. The average molecular weight is 281 g/mol. The van der Waals surface area contributed by atoms with Crippen molar-refractivity contribution < 1.29 is 5.11 Å². The quantitative estimate of drug-likeness (QED) is 0.803. The van der Waals surface area contributed by atoms with Crippen LogP contribution in [-0.4, -0.2) is 29.8 Å². The van der Waals surface area contributed by atoms with E-state index in [1.165, 1.54) is 22.3 Å². The second-order valence-corrected chi connectivity index (χ2v) is 6.78. The zero-order valence-corrected chi connectivity index (χ0v) is 13.6. The Hall–Kier alpha value is -0.510. The highest BCUT2D eigenvalue weighted by Gasteiger charge is 2.16. The number of aliphatic hydroxyl groups is 1. The fourth-order valence-electron chi connectivity index (χ4n) is 2.58. The molecule has 0 spiro atoms. The summed E-state index contributed by atoms with van der Waals surface area (Å²) in [7, 11) is 2.03. The Labute approximate surface area is 122 Å². The first-order chi connectivity index (χ1) is 8.99. The van der Waals surface area contributed by atoms with Crippen LogP contribution >= 0.6 is 11.8 Å². The van der Waals surface area contributed by atoms with Gasteiger partial charge in [0.05, 0.1) is 0 Å². The fourth-order valence-corrected chi connectivity index (χ4v) is 3.70. The Bertz CT molecular complexity index is 383. The predicted octanol–water partition coefficient (Wildman–Crippen LogP) is 3.38. The topological polar surface area (TPSA) is 32.3 Å². The summed E-state index contributed by atoms with van der Waals surface area (Å²) in [4.78, 5) is 0. The van der Waals surface area contributed by atoms with Crippen LogP contribution in [0.3, 0.4) is 0 Å². The summed E-state index contributed by atoms with van der Waals surface area (Å²) < 4.78 is 0. The van der Waals surface area contributed by atoms with Crippen molar-refractivity contribution in [1.29, 1.82) is 0 Å². The third-order valence-electron chi connectivity index (χ3n) is 3.52. The van der Waals surface area contributed by atoms with Crippen LogP contribution in [0.15, 0.2) is 12.1 Å². The molecule has 0 fully saturated rings. The van der Waals surface area contributed by atoms with Gasteiger partial charge in [-0.05, 0) is 50.9 Å². The van der Waals surface area contributed by atoms with E-state index in [-0.39, 0.29) is 6.61 Å². The summed E-state index contributed by atoms with van der Waals surface area (Å²) in [6.45, 7) is 9.00. The second kappa shape index (κ2) is 7.93. The molecule has 2 atom stereocenters. The van der Waals surface area contributed by atoms with Gasteiger partial charge in [-0.2, -0.15) is 11.8 Å². The SMILES string of the molecule is CNC(CSC(C)CCO)c1c(C)cc(C)cc1C. The van der Waals surface area contributed by atoms with E-state index in [1.807, 2.05) is 18.8 Å². The third kappa shape index (κ3) is 4.83. The fraction of sp³-hybridized carbons (Fsp3) is 0.625. The monoisotopic (exact) mass is 281 g/mol. The molecule has 0 saturated carbocycles. The van der Waals surface area contributed by atoms with Gasteiger partial charge in [-0.15, -0.1) is 0 Å². The van der Waals surface area contributed by atoms with E-state index < -0.39 is 0 Å². The van der Waals surface area contributed by atoms with Crippen molar-refractivity contribution >= 4 is 11.8 Å². The van der Waals surface area contributed by atoms with Gasteiger partial charge in [0.25, 0.3) is 0 Å². The van der Waals surface area contributed by atoms with Gasteiger partial charge in [-0.1, -0.05) is 24.6 Å². The number of aliphatic hydroxyl groups excluding tert-OH is 1. The molecule has 0 saturated heterocycles. The van der Waals surface area contributed by atoms with Crippen molar-refractivity contribution in [2.24, 2.45) is 0 Å². The van der Waals surface area contributed by atoms with Crippen LogP contribution in [0.25, 0.3) is 0 Å². The van der Waals surface area contributed by atoms with E-state index in [9.17, 15) is 0 Å². The smallest absolute Gasteiger partial charge is 0.0441 e. The molecular formula is C16H27NOS. The summed E-state index contributed by atoms with van der Waals surface area (Å²) in [6, 6.07) is 4.90. The maximum Gasteiger partial charge on any atom is 0.0441 e. The summed E-state index contributed by atoms with van der Waals surface area (Å²) in [5.41, 5.74) is 5.49. The lowest BCUT2D eigenvalue weighted by Crippen LogP contribution is -2.22. The van der Waals surface area contributed by atoms with Crippen molar-refractivity contribution in [1.82, 2.24) is 5.32 Å². The number of thioether (sulfide) groups is 1. The van der Waals surface area contributed by atoms with Gasteiger partial charge in [-0.3, -0.25) is 0 Å². The third-order valence-corrected chi connectivity index (χ3v) is 4.85. The molecule has 3 heteroatoms. The van der Waals surface area contributed by atoms with Gasteiger partial charge in [0.15, 0.2) is 0 Å².